The summed E-state index contributed by atoms with van der Waals surface area (Å²) in [5.74, 6) is 2.61. The van der Waals surface area contributed by atoms with Crippen LogP contribution in [0.15, 0.2) is 36.7 Å². The fourth-order valence-corrected chi connectivity index (χ4v) is 3.96. The first-order valence-corrected chi connectivity index (χ1v) is 10.4. The maximum atomic E-state index is 6.05. The van der Waals surface area contributed by atoms with Gasteiger partial charge in [-0.3, -0.25) is 9.47 Å². The van der Waals surface area contributed by atoms with Crippen molar-refractivity contribution in [1.29, 1.82) is 0 Å². The van der Waals surface area contributed by atoms with Gasteiger partial charge in [-0.25, -0.2) is 4.98 Å². The second-order valence-electron chi connectivity index (χ2n) is 7.40. The fourth-order valence-electron chi connectivity index (χ4n) is 3.96. The number of likely N-dealkylation sites (tertiary alicyclic amines) is 1. The van der Waals surface area contributed by atoms with Crippen molar-refractivity contribution in [3.63, 3.8) is 0 Å². The molecule has 3 aromatic rings. The molecule has 0 unspecified atom stereocenters. The van der Waals surface area contributed by atoms with Gasteiger partial charge in [0, 0.05) is 24.7 Å². The first kappa shape index (κ1) is 20.3. The highest BCUT2D eigenvalue weighted by Crippen LogP contribution is 2.40. The number of hydrogen-bond donors (Lipinski definition) is 0. The van der Waals surface area contributed by atoms with Crippen LogP contribution in [0.2, 0.25) is 0 Å². The third-order valence-corrected chi connectivity index (χ3v) is 5.57. The van der Waals surface area contributed by atoms with Gasteiger partial charge in [0.05, 0.1) is 38.1 Å². The van der Waals surface area contributed by atoms with Crippen molar-refractivity contribution in [2.75, 3.05) is 47.6 Å². The van der Waals surface area contributed by atoms with Crippen LogP contribution >= 0.6 is 0 Å². The second kappa shape index (κ2) is 9.26. The number of rotatable bonds is 8. The lowest BCUT2D eigenvalue weighted by Gasteiger charge is -2.26. The Balaban J connectivity index is 1.58. The van der Waals surface area contributed by atoms with Gasteiger partial charge in [0.1, 0.15) is 18.7 Å². The van der Waals surface area contributed by atoms with E-state index in [0.29, 0.717) is 23.9 Å². The first-order valence-electron chi connectivity index (χ1n) is 10.4. The van der Waals surface area contributed by atoms with Crippen LogP contribution in [0, 0.1) is 0 Å². The molecule has 0 spiro atoms. The Morgan fingerprint density at radius 1 is 0.900 bits per heavy atom. The van der Waals surface area contributed by atoms with Crippen LogP contribution < -0.4 is 18.9 Å². The van der Waals surface area contributed by atoms with Crippen molar-refractivity contribution >= 4 is 11.0 Å². The van der Waals surface area contributed by atoms with Crippen LogP contribution in [0.25, 0.3) is 16.7 Å². The van der Waals surface area contributed by atoms with E-state index in [1.807, 2.05) is 34.9 Å². The summed E-state index contributed by atoms with van der Waals surface area (Å²) in [6.45, 7) is 4.00. The summed E-state index contributed by atoms with van der Waals surface area (Å²) >= 11 is 0. The molecule has 0 N–H and O–H groups in total. The first-order chi connectivity index (χ1) is 14.7. The van der Waals surface area contributed by atoms with Gasteiger partial charge in [-0.15, -0.1) is 0 Å². The van der Waals surface area contributed by atoms with Crippen LogP contribution in [0.3, 0.4) is 0 Å². The largest absolute Gasteiger partial charge is 0.493 e. The van der Waals surface area contributed by atoms with Gasteiger partial charge in [0.25, 0.3) is 0 Å². The van der Waals surface area contributed by atoms with Crippen molar-refractivity contribution in [3.8, 4) is 28.7 Å². The van der Waals surface area contributed by atoms with Gasteiger partial charge in [-0.2, -0.15) is 0 Å². The number of nitrogens with zero attached hydrogens (tertiary/aromatic N) is 3. The number of ether oxygens (including phenoxy) is 4. The Morgan fingerprint density at radius 3 is 2.30 bits per heavy atom. The zero-order valence-corrected chi connectivity index (χ0v) is 17.9. The van der Waals surface area contributed by atoms with Gasteiger partial charge in [0.2, 0.25) is 5.75 Å². The number of aromatic nitrogens is 2. The standard InChI is InChI=1S/C23H29N3O4/c1-27-21-13-17(14-22(28-2)23(21)29-3)26-16-24-19-8-7-18(15-20(19)26)30-12-11-25-9-5-4-6-10-25/h7-8,13-16H,4-6,9-12H2,1-3H3. The zero-order valence-electron chi connectivity index (χ0n) is 17.9. The Kier molecular flexibility index (Phi) is 6.28. The van der Waals surface area contributed by atoms with Crippen LogP contribution in [-0.4, -0.2) is 62.0 Å². The van der Waals surface area contributed by atoms with Gasteiger partial charge < -0.3 is 18.9 Å². The molecule has 30 heavy (non-hydrogen) atoms. The molecule has 0 saturated carbocycles. The van der Waals surface area contributed by atoms with Crippen LogP contribution in [0.1, 0.15) is 19.3 Å². The van der Waals surface area contributed by atoms with Crippen molar-refractivity contribution in [2.45, 2.75) is 19.3 Å². The van der Waals surface area contributed by atoms with E-state index in [0.717, 1.165) is 29.0 Å². The fraction of sp³-hybridized carbons (Fsp3) is 0.435. The molecular formula is C23H29N3O4. The summed E-state index contributed by atoms with van der Waals surface area (Å²) in [5, 5.41) is 0. The van der Waals surface area contributed by atoms with E-state index in [-0.39, 0.29) is 0 Å². The summed E-state index contributed by atoms with van der Waals surface area (Å²) < 4.78 is 24.5. The minimum Gasteiger partial charge on any atom is -0.493 e. The predicted octanol–water partition coefficient (Wildman–Crippen LogP) is 3.92. The molecule has 1 fully saturated rings. The van der Waals surface area contributed by atoms with Gasteiger partial charge in [-0.05, 0) is 38.1 Å². The third-order valence-electron chi connectivity index (χ3n) is 5.57. The number of hydrogen-bond acceptors (Lipinski definition) is 6. The lowest BCUT2D eigenvalue weighted by Crippen LogP contribution is -2.33. The summed E-state index contributed by atoms with van der Waals surface area (Å²) in [5.41, 5.74) is 2.73. The van der Waals surface area contributed by atoms with E-state index < -0.39 is 0 Å². The minimum atomic E-state index is 0.565. The van der Waals surface area contributed by atoms with E-state index in [1.165, 1.54) is 32.4 Å². The SMILES string of the molecule is COc1cc(-n2cnc3ccc(OCCN4CCCCC4)cc32)cc(OC)c1OC. The molecule has 0 amide bonds. The maximum absolute atomic E-state index is 6.05. The topological polar surface area (TPSA) is 58.0 Å². The normalized spacial score (nSPS) is 14.6. The Bertz CT molecular complexity index is 970. The van der Waals surface area contributed by atoms with E-state index in [2.05, 4.69) is 9.88 Å². The quantitative estimate of drug-likeness (QED) is 0.560. The Hall–Kier alpha value is -2.93. The molecule has 1 saturated heterocycles. The van der Waals surface area contributed by atoms with Crippen LogP contribution in [-0.2, 0) is 0 Å². The number of benzene rings is 2. The maximum Gasteiger partial charge on any atom is 0.203 e. The minimum absolute atomic E-state index is 0.565. The van der Waals surface area contributed by atoms with Crippen molar-refractivity contribution in [3.05, 3.63) is 36.7 Å². The molecule has 0 bridgehead atoms. The molecule has 2 aromatic carbocycles. The van der Waals surface area contributed by atoms with Crippen LogP contribution in [0.5, 0.6) is 23.0 Å². The van der Waals surface area contributed by atoms with Gasteiger partial charge >= 0.3 is 0 Å². The summed E-state index contributed by atoms with van der Waals surface area (Å²) in [4.78, 5) is 7.00. The second-order valence-corrected chi connectivity index (χ2v) is 7.40. The van der Waals surface area contributed by atoms with E-state index >= 15 is 0 Å². The lowest BCUT2D eigenvalue weighted by atomic mass is 10.1. The molecule has 2 heterocycles. The molecule has 1 aromatic heterocycles. The molecule has 0 aliphatic carbocycles. The van der Waals surface area contributed by atoms with Crippen molar-refractivity contribution in [2.24, 2.45) is 0 Å². The molecule has 0 radical (unpaired) electrons. The van der Waals surface area contributed by atoms with Crippen molar-refractivity contribution in [1.82, 2.24) is 14.5 Å². The van der Waals surface area contributed by atoms with E-state index in [1.54, 1.807) is 27.7 Å². The Labute approximate surface area is 177 Å². The van der Waals surface area contributed by atoms with Gasteiger partial charge in [-0.1, -0.05) is 6.42 Å². The summed E-state index contributed by atoms with van der Waals surface area (Å²) in [7, 11) is 4.82. The number of piperidine rings is 1. The molecule has 1 aliphatic heterocycles. The number of fused-ring (bicyclic) bond motifs is 1. The summed E-state index contributed by atoms with van der Waals surface area (Å²) in [6, 6.07) is 9.81. The average molecular weight is 412 g/mol. The zero-order chi connectivity index (χ0) is 20.9. The van der Waals surface area contributed by atoms with E-state index in [4.69, 9.17) is 18.9 Å². The number of imidazole rings is 1. The molecule has 0 atom stereocenters. The molecule has 4 rings (SSSR count). The summed E-state index contributed by atoms with van der Waals surface area (Å²) in [6.07, 6.45) is 5.72. The average Bonchev–Trinajstić information content (AvgIpc) is 3.22. The van der Waals surface area contributed by atoms with Crippen LogP contribution in [0.4, 0.5) is 0 Å². The van der Waals surface area contributed by atoms with Gasteiger partial charge in [0.15, 0.2) is 11.5 Å². The number of methoxy groups -OCH3 is 3. The highest BCUT2D eigenvalue weighted by Gasteiger charge is 2.16. The molecule has 160 valence electrons. The third kappa shape index (κ3) is 4.16. The van der Waals surface area contributed by atoms with Crippen molar-refractivity contribution < 1.29 is 18.9 Å². The van der Waals surface area contributed by atoms with E-state index in [9.17, 15) is 0 Å². The highest BCUT2D eigenvalue weighted by atomic mass is 16.5. The molecule has 1 aliphatic rings. The lowest BCUT2D eigenvalue weighted by molar-refractivity contribution is 0.183. The molecule has 7 heteroatoms. The monoisotopic (exact) mass is 411 g/mol. The molecule has 7 nitrogen and oxygen atoms in total. The smallest absolute Gasteiger partial charge is 0.203 e. The Morgan fingerprint density at radius 2 is 1.63 bits per heavy atom. The predicted molar refractivity (Wildman–Crippen MR) is 117 cm³/mol. The highest BCUT2D eigenvalue weighted by molar-refractivity contribution is 5.79. The molecular weight excluding hydrogens is 382 g/mol.